The van der Waals surface area contributed by atoms with Gasteiger partial charge in [-0.25, -0.2) is 0 Å². The van der Waals surface area contributed by atoms with Crippen molar-refractivity contribution in [1.82, 2.24) is 4.90 Å². The summed E-state index contributed by atoms with van der Waals surface area (Å²) in [5.74, 6) is 0.109. The van der Waals surface area contributed by atoms with Gasteiger partial charge in [-0.2, -0.15) is 0 Å². The Bertz CT molecular complexity index is 431. The lowest BCUT2D eigenvalue weighted by atomic mass is 10.1. The van der Waals surface area contributed by atoms with Crippen LogP contribution in [0.3, 0.4) is 0 Å². The van der Waals surface area contributed by atoms with E-state index in [2.05, 4.69) is 0 Å². The molecule has 2 N–H and O–H groups in total. The number of amides is 1. The van der Waals surface area contributed by atoms with Crippen molar-refractivity contribution in [3.05, 3.63) is 29.3 Å². The molecule has 0 radical (unpaired) electrons. The minimum Gasteiger partial charge on any atom is -0.508 e. The summed E-state index contributed by atoms with van der Waals surface area (Å²) in [6.07, 6.45) is 1.80. The Morgan fingerprint density at radius 1 is 1.53 bits per heavy atom. The van der Waals surface area contributed by atoms with Gasteiger partial charge in [0.15, 0.2) is 0 Å². The number of nitrogens with zero attached hydrogens (tertiary/aromatic N) is 1. The van der Waals surface area contributed by atoms with Crippen LogP contribution in [0.4, 0.5) is 0 Å². The summed E-state index contributed by atoms with van der Waals surface area (Å²) in [6, 6.07) is 4.68. The summed E-state index contributed by atoms with van der Waals surface area (Å²) < 4.78 is 0. The second-order valence-corrected chi connectivity index (χ2v) is 4.48. The number of carbonyl (C=O) groups is 1. The third-order valence-electron chi connectivity index (χ3n) is 3.29. The molecule has 92 valence electrons. The second kappa shape index (κ2) is 4.75. The van der Waals surface area contributed by atoms with Gasteiger partial charge in [-0.05, 0) is 43.5 Å². The van der Waals surface area contributed by atoms with E-state index in [1.165, 1.54) is 6.07 Å². The van der Waals surface area contributed by atoms with Crippen LogP contribution in [-0.2, 0) is 0 Å². The molecule has 17 heavy (non-hydrogen) atoms. The number of hydrogen-bond acceptors (Lipinski definition) is 3. The van der Waals surface area contributed by atoms with E-state index in [0.717, 1.165) is 18.4 Å². The summed E-state index contributed by atoms with van der Waals surface area (Å²) in [6.45, 7) is 2.52. The maximum atomic E-state index is 12.3. The van der Waals surface area contributed by atoms with Crippen LogP contribution >= 0.6 is 0 Å². The van der Waals surface area contributed by atoms with Gasteiger partial charge in [0, 0.05) is 12.1 Å². The molecule has 0 unspecified atom stereocenters. The molecular formula is C13H17NO3. The molecule has 4 heteroatoms. The predicted octanol–water partition coefficient (Wildman–Crippen LogP) is 1.30. The molecule has 2 rings (SSSR count). The van der Waals surface area contributed by atoms with Gasteiger partial charge in [-0.1, -0.05) is 0 Å². The molecule has 4 nitrogen and oxygen atoms in total. The number of carbonyl (C=O) groups excluding carboxylic acids is 1. The maximum absolute atomic E-state index is 12.3. The highest BCUT2D eigenvalue weighted by molar-refractivity contribution is 5.96. The molecule has 0 aliphatic carbocycles. The van der Waals surface area contributed by atoms with Crippen molar-refractivity contribution in [3.8, 4) is 5.75 Å². The van der Waals surface area contributed by atoms with Gasteiger partial charge in [0.25, 0.3) is 5.91 Å². The van der Waals surface area contributed by atoms with E-state index in [1.807, 2.05) is 0 Å². The molecule has 1 aliphatic rings. The van der Waals surface area contributed by atoms with Crippen molar-refractivity contribution in [3.63, 3.8) is 0 Å². The predicted molar refractivity (Wildman–Crippen MR) is 64.0 cm³/mol. The van der Waals surface area contributed by atoms with E-state index in [4.69, 9.17) is 0 Å². The first kappa shape index (κ1) is 11.9. The average molecular weight is 235 g/mol. The monoisotopic (exact) mass is 235 g/mol. The Labute approximate surface area is 100 Å². The van der Waals surface area contributed by atoms with Crippen LogP contribution < -0.4 is 0 Å². The fourth-order valence-electron chi connectivity index (χ4n) is 2.34. The van der Waals surface area contributed by atoms with Crippen LogP contribution in [0.1, 0.15) is 28.8 Å². The highest BCUT2D eigenvalue weighted by Crippen LogP contribution is 2.23. The van der Waals surface area contributed by atoms with E-state index in [0.29, 0.717) is 12.1 Å². The third-order valence-corrected chi connectivity index (χ3v) is 3.29. The summed E-state index contributed by atoms with van der Waals surface area (Å²) in [5, 5.41) is 18.5. The lowest BCUT2D eigenvalue weighted by Crippen LogP contribution is -2.37. The third kappa shape index (κ3) is 2.26. The van der Waals surface area contributed by atoms with Crippen LogP contribution in [0, 0.1) is 6.92 Å². The normalized spacial score (nSPS) is 19.6. The van der Waals surface area contributed by atoms with Crippen molar-refractivity contribution in [2.24, 2.45) is 0 Å². The van der Waals surface area contributed by atoms with Crippen LogP contribution in [0.15, 0.2) is 18.2 Å². The van der Waals surface area contributed by atoms with Gasteiger partial charge in [-0.15, -0.1) is 0 Å². The Morgan fingerprint density at radius 2 is 2.29 bits per heavy atom. The Kier molecular flexibility index (Phi) is 3.33. The number of likely N-dealkylation sites (tertiary alicyclic amines) is 1. The van der Waals surface area contributed by atoms with Crippen LogP contribution in [0.25, 0.3) is 0 Å². The molecular weight excluding hydrogens is 218 g/mol. The summed E-state index contributed by atoms with van der Waals surface area (Å²) >= 11 is 0. The van der Waals surface area contributed by atoms with Crippen LogP contribution in [-0.4, -0.2) is 40.2 Å². The van der Waals surface area contributed by atoms with E-state index in [1.54, 1.807) is 24.0 Å². The molecule has 1 heterocycles. The van der Waals surface area contributed by atoms with Gasteiger partial charge in [0.05, 0.1) is 12.6 Å². The molecule has 1 aliphatic heterocycles. The lowest BCUT2D eigenvalue weighted by Gasteiger charge is -2.23. The largest absolute Gasteiger partial charge is 0.508 e. The van der Waals surface area contributed by atoms with Crippen molar-refractivity contribution in [2.75, 3.05) is 13.2 Å². The van der Waals surface area contributed by atoms with Crippen molar-refractivity contribution < 1.29 is 15.0 Å². The number of aromatic hydroxyl groups is 1. The molecule has 1 aromatic rings. The summed E-state index contributed by atoms with van der Waals surface area (Å²) in [5.41, 5.74) is 1.36. The second-order valence-electron chi connectivity index (χ2n) is 4.48. The van der Waals surface area contributed by atoms with Gasteiger partial charge in [0.2, 0.25) is 0 Å². The molecule has 0 spiro atoms. The van der Waals surface area contributed by atoms with E-state index in [9.17, 15) is 15.0 Å². The van der Waals surface area contributed by atoms with Crippen LogP contribution in [0.5, 0.6) is 5.75 Å². The standard InChI is InChI=1S/C13H17NO3/c1-9-7-11(16)4-5-12(9)13(17)14-6-2-3-10(14)8-15/h4-5,7,10,15-16H,2-3,6,8H2,1H3/t10-/m1/s1. The zero-order chi connectivity index (χ0) is 12.4. The Hall–Kier alpha value is -1.55. The SMILES string of the molecule is Cc1cc(O)ccc1C(=O)N1CCC[C@@H]1CO. The minimum absolute atomic E-state index is 0.0167. The van der Waals surface area contributed by atoms with Crippen molar-refractivity contribution in [2.45, 2.75) is 25.8 Å². The average Bonchev–Trinajstić information content (AvgIpc) is 2.76. The molecule has 1 saturated heterocycles. The molecule has 1 fully saturated rings. The van der Waals surface area contributed by atoms with E-state index >= 15 is 0 Å². The van der Waals surface area contributed by atoms with E-state index < -0.39 is 0 Å². The summed E-state index contributed by atoms with van der Waals surface area (Å²) in [7, 11) is 0. The number of rotatable bonds is 2. The van der Waals surface area contributed by atoms with Gasteiger partial charge >= 0.3 is 0 Å². The number of hydrogen-bond donors (Lipinski definition) is 2. The lowest BCUT2D eigenvalue weighted by molar-refractivity contribution is 0.0677. The fraction of sp³-hybridized carbons (Fsp3) is 0.462. The number of benzene rings is 1. The summed E-state index contributed by atoms with van der Waals surface area (Å²) in [4.78, 5) is 14.0. The first-order valence-corrected chi connectivity index (χ1v) is 5.85. The van der Waals surface area contributed by atoms with Crippen molar-refractivity contribution in [1.29, 1.82) is 0 Å². The molecule has 1 atom stereocenters. The number of aliphatic hydroxyl groups excluding tert-OH is 1. The zero-order valence-corrected chi connectivity index (χ0v) is 9.89. The molecule has 1 aromatic carbocycles. The fourth-order valence-corrected chi connectivity index (χ4v) is 2.34. The van der Waals surface area contributed by atoms with Crippen molar-refractivity contribution >= 4 is 5.91 Å². The first-order chi connectivity index (χ1) is 8.13. The number of phenolic OH excluding ortho intramolecular Hbond substituents is 1. The molecule has 0 aromatic heterocycles. The maximum Gasteiger partial charge on any atom is 0.254 e. The Morgan fingerprint density at radius 3 is 2.94 bits per heavy atom. The number of aliphatic hydroxyl groups is 1. The number of phenols is 1. The quantitative estimate of drug-likeness (QED) is 0.812. The van der Waals surface area contributed by atoms with Gasteiger partial charge in [-0.3, -0.25) is 4.79 Å². The first-order valence-electron chi connectivity index (χ1n) is 5.85. The van der Waals surface area contributed by atoms with Crippen LogP contribution in [0.2, 0.25) is 0 Å². The molecule has 0 bridgehead atoms. The zero-order valence-electron chi connectivity index (χ0n) is 9.89. The topological polar surface area (TPSA) is 60.8 Å². The number of aryl methyl sites for hydroxylation is 1. The van der Waals surface area contributed by atoms with Gasteiger partial charge < -0.3 is 15.1 Å². The molecule has 1 amide bonds. The smallest absolute Gasteiger partial charge is 0.254 e. The minimum atomic E-state index is -0.0595. The highest BCUT2D eigenvalue weighted by atomic mass is 16.3. The highest BCUT2D eigenvalue weighted by Gasteiger charge is 2.29. The van der Waals surface area contributed by atoms with E-state index in [-0.39, 0.29) is 24.3 Å². The molecule has 0 saturated carbocycles. The Balaban J connectivity index is 2.24. The van der Waals surface area contributed by atoms with Gasteiger partial charge in [0.1, 0.15) is 5.75 Å².